The Hall–Kier alpha value is -3.65. The minimum Gasteiger partial charge on any atom is -0.480 e. The fourth-order valence-corrected chi connectivity index (χ4v) is 4.59. The van der Waals surface area contributed by atoms with Gasteiger partial charge in [0.05, 0.1) is 32.9 Å². The lowest BCUT2D eigenvalue weighted by Gasteiger charge is -2.35. The van der Waals surface area contributed by atoms with Crippen LogP contribution in [0.2, 0.25) is 10.0 Å². The zero-order chi connectivity index (χ0) is 27.7. The van der Waals surface area contributed by atoms with Crippen LogP contribution in [-0.4, -0.2) is 42.0 Å². The molecule has 0 spiro atoms. The number of carbonyl (C=O) groups is 1. The minimum atomic E-state index is -1.44. The molecule has 1 aliphatic heterocycles. The number of benzene rings is 2. The smallest absolute Gasteiger partial charge is 0.324 e. The Morgan fingerprint density at radius 2 is 1.97 bits per heavy atom. The van der Waals surface area contributed by atoms with Gasteiger partial charge in [-0.3, -0.25) is 14.8 Å². The number of hydrazine groups is 2. The average molecular weight is 550 g/mol. The molecule has 2 radical (unpaired) electrons. The predicted octanol–water partition coefficient (Wildman–Crippen LogP) is 4.56. The number of pyridine rings is 1. The largest absolute Gasteiger partial charge is 0.480 e. The number of fused-ring (bicyclic) bond motifs is 1. The van der Waals surface area contributed by atoms with Gasteiger partial charge in [-0.2, -0.15) is 5.26 Å². The molecule has 9 nitrogen and oxygen atoms in total. The number of nitriles is 1. The normalized spacial score (nSPS) is 14.8. The van der Waals surface area contributed by atoms with Crippen molar-refractivity contribution in [3.8, 4) is 6.07 Å². The van der Waals surface area contributed by atoms with Crippen molar-refractivity contribution < 1.29 is 9.90 Å². The molecule has 0 saturated heterocycles. The molecule has 1 aromatic heterocycles. The SMILES string of the molecule is [B]C(Nc1cc(Cl)c2ncc(C#N)c(NCC(C)(C)C)c2c1)(C1=CN(CC(=O)O)NN1)c1ccccc1Cl. The van der Waals surface area contributed by atoms with Gasteiger partial charge < -0.3 is 21.2 Å². The first kappa shape index (κ1) is 27.4. The molecular weight excluding hydrogens is 524 g/mol. The van der Waals surface area contributed by atoms with Crippen molar-refractivity contribution in [3.05, 3.63) is 75.7 Å². The summed E-state index contributed by atoms with van der Waals surface area (Å²) < 4.78 is 0. The Kier molecular flexibility index (Phi) is 7.65. The van der Waals surface area contributed by atoms with Crippen LogP contribution in [0.15, 0.2) is 54.5 Å². The minimum absolute atomic E-state index is 0.0477. The number of carboxylic acid groups (broad SMARTS) is 1. The molecule has 194 valence electrons. The Labute approximate surface area is 232 Å². The van der Waals surface area contributed by atoms with E-state index in [-0.39, 0.29) is 12.0 Å². The van der Waals surface area contributed by atoms with E-state index in [0.29, 0.717) is 55.7 Å². The topological polar surface area (TPSA) is 125 Å². The highest BCUT2D eigenvalue weighted by Gasteiger charge is 2.36. The highest BCUT2D eigenvalue weighted by Crippen LogP contribution is 2.39. The summed E-state index contributed by atoms with van der Waals surface area (Å²) >= 11 is 13.2. The Morgan fingerprint density at radius 3 is 2.63 bits per heavy atom. The highest BCUT2D eigenvalue weighted by molar-refractivity contribution is 6.36. The standard InChI is InChI=1S/C26H26BCl2N7O2/c1-25(2,3)14-32-23-15(10-30)11-31-24-17(23)8-16(9-20(24)29)33-26(27,18-6-4-5-7-19(18)28)21-12-36(35-34-21)13-22(37)38/h4-9,11-12,33-35H,13-14H2,1-3H3,(H,31,32)(H,37,38). The second kappa shape index (κ2) is 10.6. The van der Waals surface area contributed by atoms with Gasteiger partial charge in [-0.15, -0.1) is 5.53 Å². The average Bonchev–Trinajstić information content (AvgIpc) is 3.30. The van der Waals surface area contributed by atoms with Crippen molar-refractivity contribution in [1.29, 1.82) is 5.26 Å². The van der Waals surface area contributed by atoms with Gasteiger partial charge in [0.1, 0.15) is 20.5 Å². The van der Waals surface area contributed by atoms with Gasteiger partial charge in [0, 0.05) is 35.0 Å². The summed E-state index contributed by atoms with van der Waals surface area (Å²) in [6.07, 6.45) is 3.05. The zero-order valence-electron chi connectivity index (χ0n) is 21.1. The van der Waals surface area contributed by atoms with E-state index in [9.17, 15) is 15.2 Å². The molecular formula is C26H26BCl2N7O2. The van der Waals surface area contributed by atoms with Crippen LogP contribution in [0, 0.1) is 16.7 Å². The van der Waals surface area contributed by atoms with Crippen LogP contribution >= 0.6 is 23.2 Å². The predicted molar refractivity (Wildman–Crippen MR) is 151 cm³/mol. The van der Waals surface area contributed by atoms with E-state index < -0.39 is 11.4 Å². The lowest BCUT2D eigenvalue weighted by Crippen LogP contribution is -2.46. The lowest BCUT2D eigenvalue weighted by molar-refractivity contribution is -0.138. The van der Waals surface area contributed by atoms with Crippen LogP contribution in [0.4, 0.5) is 11.4 Å². The molecule has 0 saturated carbocycles. The summed E-state index contributed by atoms with van der Waals surface area (Å²) in [6.45, 7) is 6.57. The van der Waals surface area contributed by atoms with Gasteiger partial charge >= 0.3 is 5.97 Å². The number of halogens is 2. The third-order valence-corrected chi connectivity index (χ3v) is 6.45. The van der Waals surface area contributed by atoms with Crippen molar-refractivity contribution in [2.45, 2.75) is 26.2 Å². The van der Waals surface area contributed by atoms with E-state index in [1.807, 2.05) is 6.07 Å². The maximum atomic E-state index is 11.2. The van der Waals surface area contributed by atoms with Crippen LogP contribution in [0.3, 0.4) is 0 Å². The van der Waals surface area contributed by atoms with E-state index in [1.54, 1.807) is 36.5 Å². The quantitative estimate of drug-likeness (QED) is 0.257. The number of nitrogens with zero attached hydrogens (tertiary/aromatic N) is 3. The zero-order valence-corrected chi connectivity index (χ0v) is 22.6. The van der Waals surface area contributed by atoms with Gasteiger partial charge in [-0.1, -0.05) is 62.2 Å². The molecule has 2 heterocycles. The summed E-state index contributed by atoms with van der Waals surface area (Å²) in [5.74, 6) is -1.03. The van der Waals surface area contributed by atoms with E-state index in [4.69, 9.17) is 31.0 Å². The first-order valence-corrected chi connectivity index (χ1v) is 12.5. The summed E-state index contributed by atoms with van der Waals surface area (Å²) in [6, 6.07) is 12.8. The van der Waals surface area contributed by atoms with Gasteiger partial charge in [-0.05, 0) is 29.2 Å². The van der Waals surface area contributed by atoms with Gasteiger partial charge in [-0.25, -0.2) is 0 Å². The third kappa shape index (κ3) is 5.75. The lowest BCUT2D eigenvalue weighted by atomic mass is 9.69. The highest BCUT2D eigenvalue weighted by atomic mass is 35.5. The number of carboxylic acids is 1. The van der Waals surface area contributed by atoms with Crippen LogP contribution in [0.25, 0.3) is 10.9 Å². The number of rotatable bonds is 8. The third-order valence-electron chi connectivity index (χ3n) is 5.83. The molecule has 1 unspecified atom stereocenters. The van der Waals surface area contributed by atoms with Crippen molar-refractivity contribution in [3.63, 3.8) is 0 Å². The van der Waals surface area contributed by atoms with Crippen molar-refractivity contribution in [2.75, 3.05) is 23.7 Å². The summed E-state index contributed by atoms with van der Waals surface area (Å²) in [7, 11) is 6.99. The Morgan fingerprint density at radius 1 is 1.24 bits per heavy atom. The van der Waals surface area contributed by atoms with Crippen molar-refractivity contribution in [1.82, 2.24) is 21.0 Å². The summed E-state index contributed by atoms with van der Waals surface area (Å²) in [5.41, 5.74) is 7.24. The molecule has 12 heteroatoms. The molecule has 5 N–H and O–H groups in total. The summed E-state index contributed by atoms with van der Waals surface area (Å²) in [5, 5.41) is 28.4. The molecule has 1 atom stereocenters. The molecule has 0 fully saturated rings. The first-order valence-electron chi connectivity index (χ1n) is 11.7. The van der Waals surface area contributed by atoms with E-state index in [0.717, 1.165) is 0 Å². The number of aromatic nitrogens is 1. The number of aliphatic carboxylic acids is 1. The molecule has 0 amide bonds. The first-order chi connectivity index (χ1) is 17.9. The molecule has 2 aromatic carbocycles. The Balaban J connectivity index is 1.84. The second-order valence-electron chi connectivity index (χ2n) is 10.1. The molecule has 3 aromatic rings. The monoisotopic (exact) mass is 549 g/mol. The van der Waals surface area contributed by atoms with Crippen LogP contribution in [0.5, 0.6) is 0 Å². The van der Waals surface area contributed by atoms with Gasteiger partial charge in [0.25, 0.3) is 0 Å². The fraction of sp³-hybridized carbons (Fsp3) is 0.269. The molecule has 0 bridgehead atoms. The van der Waals surface area contributed by atoms with Crippen LogP contribution in [0.1, 0.15) is 31.9 Å². The van der Waals surface area contributed by atoms with E-state index in [2.05, 4.69) is 53.4 Å². The number of hydrogen-bond acceptors (Lipinski definition) is 8. The number of hydrogen-bond donors (Lipinski definition) is 5. The number of anilines is 2. The van der Waals surface area contributed by atoms with Crippen LogP contribution in [-0.2, 0) is 10.2 Å². The maximum absolute atomic E-state index is 11.2. The molecule has 0 aliphatic carbocycles. The molecule has 1 aliphatic rings. The van der Waals surface area contributed by atoms with E-state index >= 15 is 0 Å². The maximum Gasteiger partial charge on any atom is 0.324 e. The molecule has 38 heavy (non-hydrogen) atoms. The van der Waals surface area contributed by atoms with Gasteiger partial charge in [0.15, 0.2) is 0 Å². The Bertz CT molecular complexity index is 1470. The molecule has 4 rings (SSSR count). The number of nitrogens with one attached hydrogen (secondary N) is 4. The van der Waals surface area contributed by atoms with Gasteiger partial charge in [0.2, 0.25) is 0 Å². The second-order valence-corrected chi connectivity index (χ2v) is 11.0. The summed E-state index contributed by atoms with van der Waals surface area (Å²) in [4.78, 5) is 15.6. The van der Waals surface area contributed by atoms with E-state index in [1.165, 1.54) is 11.2 Å². The van der Waals surface area contributed by atoms with Crippen molar-refractivity contribution >= 4 is 59.3 Å². The van der Waals surface area contributed by atoms with Crippen molar-refractivity contribution in [2.24, 2.45) is 5.41 Å². The van der Waals surface area contributed by atoms with Crippen LogP contribution < -0.4 is 21.6 Å². The fourth-order valence-electron chi connectivity index (χ4n) is 4.03.